The lowest BCUT2D eigenvalue weighted by molar-refractivity contribution is 2.68. The van der Waals surface area contributed by atoms with Crippen molar-refractivity contribution >= 4 is 50.1 Å². The van der Waals surface area contributed by atoms with Gasteiger partial charge in [0, 0.05) is 0 Å². The molecule has 0 fully saturated rings. The van der Waals surface area contributed by atoms with E-state index in [9.17, 15) is 0 Å². The number of halogens is 3. The van der Waals surface area contributed by atoms with Crippen molar-refractivity contribution in [1.29, 1.82) is 0 Å². The molecule has 0 aliphatic carbocycles. The summed E-state index contributed by atoms with van der Waals surface area (Å²) in [7, 11) is 0. The second-order valence-corrected chi connectivity index (χ2v) is 5.04. The second-order valence-electron chi connectivity index (χ2n) is 0.214. The van der Waals surface area contributed by atoms with Gasteiger partial charge in [-0.3, -0.25) is 0 Å². The Kier molecular flexibility index (Phi) is 3.74. The molecule has 0 atom stereocenters. The molecule has 0 aliphatic rings. The van der Waals surface area contributed by atoms with Gasteiger partial charge < -0.3 is 0 Å². The minimum atomic E-state index is 0.671. The van der Waals surface area contributed by atoms with Gasteiger partial charge in [0.05, 0.1) is 0 Å². The van der Waals surface area contributed by atoms with E-state index in [2.05, 4.69) is 15.9 Å². The lowest BCUT2D eigenvalue weighted by Crippen LogP contribution is -1.33. The van der Waals surface area contributed by atoms with E-state index in [1.165, 1.54) is 0 Å². The van der Waals surface area contributed by atoms with Gasteiger partial charge in [0.1, 0.15) is 0 Å². The Bertz CT molecular complexity index is 12.8. The average molecular weight is 254 g/mol. The summed E-state index contributed by atoms with van der Waals surface area (Å²) < 4.78 is 0.671. The fraction of sp³-hybridized carbons (Fsp3) is 0. The maximum atomic E-state index is 5.09. The van der Waals surface area contributed by atoms with Crippen molar-refractivity contribution < 1.29 is 0 Å². The third-order valence-electron chi connectivity index (χ3n) is 0. The minimum Gasteiger partial charge on any atom is -0.0911 e. The Morgan fingerprint density at radius 2 is 2.00 bits per heavy atom. The molecule has 0 aromatic rings. The number of hydrogen-bond acceptors (Lipinski definition) is 0. The topological polar surface area (TPSA) is 0 Å². The van der Waals surface area contributed by atoms with Crippen LogP contribution in [-0.4, -0.2) is 0 Å². The van der Waals surface area contributed by atoms with Crippen LogP contribution in [0.1, 0.15) is 0 Å². The average Bonchev–Trinajstić information content (AvgIpc) is 0.811. The van der Waals surface area contributed by atoms with Crippen LogP contribution in [0.15, 0.2) is 0 Å². The molecule has 0 aromatic carbocycles. The van der Waals surface area contributed by atoms with Crippen LogP contribution in [0.3, 0.4) is 0 Å². The lowest BCUT2D eigenvalue weighted by atomic mass is 11.9. The first kappa shape index (κ1) is 5.50. The largest absolute Gasteiger partial charge is 0.187 e. The van der Waals surface area contributed by atoms with Crippen molar-refractivity contribution in [1.82, 2.24) is 0 Å². The summed E-state index contributed by atoms with van der Waals surface area (Å²) in [6.45, 7) is 0. The molecule has 0 nitrogen and oxygen atoms in total. The summed E-state index contributed by atoms with van der Waals surface area (Å²) in [4.78, 5) is 0. The van der Waals surface area contributed by atoms with Crippen LogP contribution in [0.4, 0.5) is 0 Å². The normalized spacial score (nSPS) is 9.00. The molecule has 0 saturated heterocycles. The molecule has 0 unspecified atom stereocenters. The zero-order valence-corrected chi connectivity index (χ0v) is 6.13. The van der Waals surface area contributed by atoms with Crippen molar-refractivity contribution in [2.75, 3.05) is 0 Å². The molecule has 0 spiro atoms. The van der Waals surface area contributed by atoms with Crippen molar-refractivity contribution in [3.05, 3.63) is 2.29 Å². The molecule has 0 rings (SSSR count). The summed E-state index contributed by atoms with van der Waals surface area (Å²) in [5.74, 6) is 0. The quantitative estimate of drug-likeness (QED) is 0.583. The van der Waals surface area contributed by atoms with Gasteiger partial charge in [-0.2, -0.15) is 0 Å². The summed E-state index contributed by atoms with van der Waals surface area (Å²) in [5.41, 5.74) is 0. The van der Waals surface area contributed by atoms with Crippen molar-refractivity contribution in [3.8, 4) is 0 Å². The highest BCUT2D eigenvalue weighted by molar-refractivity contribution is 14.1. The molecule has 0 heterocycles. The van der Waals surface area contributed by atoms with Gasteiger partial charge in [-0.1, -0.05) is 27.5 Å². The smallest absolute Gasteiger partial charge is 0.0911 e. The van der Waals surface area contributed by atoms with Crippen molar-refractivity contribution in [3.63, 3.8) is 0 Å². The first-order chi connectivity index (χ1) is 1.73. The molecule has 25 valence electrons. The molecule has 0 saturated carbocycles. The maximum absolute atomic E-state index is 5.09. The van der Waals surface area contributed by atoms with Crippen molar-refractivity contribution in [2.45, 2.75) is 0 Å². The monoisotopic (exact) mass is 253 g/mol. The Hall–Kier alpha value is 1.50. The first-order valence-corrected chi connectivity index (χ1v) is 2.82. The molecule has 0 bridgehead atoms. The van der Waals surface area contributed by atoms with E-state index in [-0.39, 0.29) is 0 Å². The molecule has 0 N–H and O–H groups in total. The third-order valence-corrected chi connectivity index (χ3v) is 0. The summed E-state index contributed by atoms with van der Waals surface area (Å²) in [6.07, 6.45) is 0. The van der Waals surface area contributed by atoms with Gasteiger partial charge in [0.2, 0.25) is 0 Å². The van der Waals surface area contributed by atoms with E-state index in [1.54, 1.807) is 0 Å². The van der Waals surface area contributed by atoms with E-state index in [0.29, 0.717) is 2.29 Å². The van der Waals surface area contributed by atoms with Crippen LogP contribution in [-0.2, 0) is 0 Å². The van der Waals surface area contributed by atoms with E-state index in [1.807, 2.05) is 22.6 Å². The second kappa shape index (κ2) is 2.72. The zero-order chi connectivity index (χ0) is 3.58. The van der Waals surface area contributed by atoms with Crippen LogP contribution in [0, 0.1) is 2.29 Å². The van der Waals surface area contributed by atoms with E-state index < -0.39 is 0 Å². The first-order valence-electron chi connectivity index (χ1n) is 0.567. The van der Waals surface area contributed by atoms with Gasteiger partial charge in [-0.25, -0.2) is 0 Å². The highest BCUT2D eigenvalue weighted by Crippen LogP contribution is 2.22. The van der Waals surface area contributed by atoms with Gasteiger partial charge in [0.25, 0.3) is 0 Å². The molecule has 3 heteroatoms. The third kappa shape index (κ3) is 9.72. The molecule has 4 heavy (non-hydrogen) atoms. The zero-order valence-electron chi connectivity index (χ0n) is 1.63. The minimum absolute atomic E-state index is 0.671. The molecular formula is CBrClI. The van der Waals surface area contributed by atoms with Crippen molar-refractivity contribution in [2.24, 2.45) is 0 Å². The van der Waals surface area contributed by atoms with Crippen LogP contribution >= 0.6 is 50.1 Å². The fourth-order valence-electron chi connectivity index (χ4n) is 0. The lowest BCUT2D eigenvalue weighted by Gasteiger charge is -1.67. The van der Waals surface area contributed by atoms with Gasteiger partial charge in [-0.05, 0) is 22.6 Å². The highest BCUT2D eigenvalue weighted by Gasteiger charge is 1.80. The van der Waals surface area contributed by atoms with Crippen LogP contribution < -0.4 is 0 Å². The van der Waals surface area contributed by atoms with Crippen LogP contribution in [0.2, 0.25) is 0 Å². The Morgan fingerprint density at radius 1 is 2.00 bits per heavy atom. The number of rotatable bonds is 0. The summed E-state index contributed by atoms with van der Waals surface area (Å²) >= 11 is 9.98. The Morgan fingerprint density at radius 3 is 2.00 bits per heavy atom. The molecule has 0 amide bonds. The van der Waals surface area contributed by atoms with E-state index >= 15 is 0 Å². The molecule has 1 radical (unpaired) electrons. The SMILES string of the molecule is Cl[C](Br)I. The summed E-state index contributed by atoms with van der Waals surface area (Å²) in [6, 6.07) is 0. The highest BCUT2D eigenvalue weighted by atomic mass is 127. The molecular weight excluding hydrogens is 254 g/mol. The summed E-state index contributed by atoms with van der Waals surface area (Å²) in [5, 5.41) is 0. The van der Waals surface area contributed by atoms with Crippen LogP contribution in [0.5, 0.6) is 0 Å². The van der Waals surface area contributed by atoms with Crippen LogP contribution in [0.25, 0.3) is 0 Å². The molecule has 0 aliphatic heterocycles. The standard InChI is InChI=1S/CBrClI/c2-1(3)4. The fourth-order valence-corrected chi connectivity index (χ4v) is 0. The van der Waals surface area contributed by atoms with Gasteiger partial charge >= 0.3 is 0 Å². The van der Waals surface area contributed by atoms with E-state index in [0.717, 1.165) is 0 Å². The predicted octanol–water partition coefficient (Wildman–Crippen LogP) is 2.50. The van der Waals surface area contributed by atoms with Gasteiger partial charge in [0.15, 0.2) is 2.29 Å². The maximum Gasteiger partial charge on any atom is 0.187 e. The Balaban J connectivity index is 2.32. The van der Waals surface area contributed by atoms with Gasteiger partial charge in [-0.15, -0.1) is 0 Å². The van der Waals surface area contributed by atoms with E-state index in [4.69, 9.17) is 11.6 Å². The Labute approximate surface area is 52.2 Å². The molecule has 0 aromatic heterocycles. The predicted molar refractivity (Wildman–Crippen MR) is 32.0 cm³/mol. The number of hydrogen-bond donors (Lipinski definition) is 0.